The Balaban J connectivity index is 1.48. The first-order valence-electron chi connectivity index (χ1n) is 9.69. The molecule has 1 fully saturated rings. The van der Waals surface area contributed by atoms with Crippen LogP contribution in [0.1, 0.15) is 44.6 Å². The van der Waals surface area contributed by atoms with Crippen molar-refractivity contribution in [2.45, 2.75) is 45.4 Å². The molecular weight excluding hydrogens is 324 g/mol. The minimum atomic E-state index is 0.0821. The predicted octanol–water partition coefficient (Wildman–Crippen LogP) is 4.39. The summed E-state index contributed by atoms with van der Waals surface area (Å²) in [6.45, 7) is 3.43. The number of hydrogen-bond donors (Lipinski definition) is 1. The van der Waals surface area contributed by atoms with Gasteiger partial charge in [0.15, 0.2) is 0 Å². The number of pyridine rings is 1. The number of carbonyl (C=O) groups excluding carboxylic acids is 1. The highest BCUT2D eigenvalue weighted by atomic mass is 16.5. The third kappa shape index (κ3) is 5.32. The van der Waals surface area contributed by atoms with Gasteiger partial charge in [0.2, 0.25) is 5.91 Å². The largest absolute Gasteiger partial charge is 0.494 e. The van der Waals surface area contributed by atoms with Crippen molar-refractivity contribution in [1.29, 1.82) is 0 Å². The van der Waals surface area contributed by atoms with Gasteiger partial charge in [-0.2, -0.15) is 0 Å². The van der Waals surface area contributed by atoms with Crippen molar-refractivity contribution in [3.63, 3.8) is 0 Å². The van der Waals surface area contributed by atoms with Crippen molar-refractivity contribution in [2.24, 2.45) is 5.92 Å². The number of nitrogens with one attached hydrogen (secondary N) is 1. The molecule has 0 atom stereocenters. The lowest BCUT2D eigenvalue weighted by Gasteiger charge is -2.10. The number of benzene rings is 1. The van der Waals surface area contributed by atoms with E-state index in [1.54, 1.807) is 6.20 Å². The van der Waals surface area contributed by atoms with E-state index in [0.29, 0.717) is 13.0 Å². The molecule has 4 nitrogen and oxygen atoms in total. The first-order chi connectivity index (χ1) is 12.7. The number of aromatic nitrogens is 1. The van der Waals surface area contributed by atoms with Crippen molar-refractivity contribution in [1.82, 2.24) is 10.3 Å². The summed E-state index contributed by atoms with van der Waals surface area (Å²) in [5.74, 6) is 1.76. The fourth-order valence-corrected chi connectivity index (χ4v) is 3.55. The van der Waals surface area contributed by atoms with Crippen LogP contribution >= 0.6 is 0 Å². The van der Waals surface area contributed by atoms with Crippen LogP contribution in [0.5, 0.6) is 5.75 Å². The summed E-state index contributed by atoms with van der Waals surface area (Å²) in [6, 6.07) is 11.9. The van der Waals surface area contributed by atoms with Crippen LogP contribution in [0.2, 0.25) is 0 Å². The van der Waals surface area contributed by atoms with Gasteiger partial charge in [0.05, 0.1) is 18.7 Å². The second-order valence-electron chi connectivity index (χ2n) is 6.97. The van der Waals surface area contributed by atoms with E-state index in [1.807, 2.05) is 43.3 Å². The van der Waals surface area contributed by atoms with E-state index < -0.39 is 0 Å². The van der Waals surface area contributed by atoms with E-state index in [9.17, 15) is 4.79 Å². The molecule has 1 N–H and O–H groups in total. The van der Waals surface area contributed by atoms with E-state index >= 15 is 0 Å². The third-order valence-corrected chi connectivity index (χ3v) is 5.00. The molecule has 2 aromatic rings. The van der Waals surface area contributed by atoms with Gasteiger partial charge >= 0.3 is 0 Å². The van der Waals surface area contributed by atoms with E-state index in [4.69, 9.17) is 4.74 Å². The molecule has 4 heteroatoms. The van der Waals surface area contributed by atoms with Gasteiger partial charge < -0.3 is 10.1 Å². The second-order valence-corrected chi connectivity index (χ2v) is 6.97. The molecule has 26 heavy (non-hydrogen) atoms. The van der Waals surface area contributed by atoms with Crippen molar-refractivity contribution >= 4 is 5.91 Å². The smallest absolute Gasteiger partial charge is 0.224 e. The fourth-order valence-electron chi connectivity index (χ4n) is 3.55. The first kappa shape index (κ1) is 18.4. The number of carbonyl (C=O) groups is 1. The lowest BCUT2D eigenvalue weighted by Crippen LogP contribution is -2.27. The molecule has 1 heterocycles. The lowest BCUT2D eigenvalue weighted by molar-refractivity contribution is -0.120. The highest BCUT2D eigenvalue weighted by Gasteiger charge is 2.14. The second kappa shape index (κ2) is 9.37. The molecule has 1 amide bonds. The zero-order valence-corrected chi connectivity index (χ0v) is 15.5. The standard InChI is InChI=1S/C22H28N2O2/c1-2-26-20-10-8-19(9-11-20)21-12-7-18(16-24-21)15-22(25)23-14-13-17-5-3-4-6-17/h7-12,16-17H,2-6,13-15H2,1H3,(H,23,25). The molecule has 0 radical (unpaired) electrons. The number of ether oxygens (including phenoxy) is 1. The molecule has 138 valence electrons. The monoisotopic (exact) mass is 352 g/mol. The molecule has 1 aromatic carbocycles. The maximum absolute atomic E-state index is 12.1. The topological polar surface area (TPSA) is 51.2 Å². The van der Waals surface area contributed by atoms with Crippen LogP contribution in [0.3, 0.4) is 0 Å². The molecule has 1 aromatic heterocycles. The summed E-state index contributed by atoms with van der Waals surface area (Å²) in [4.78, 5) is 16.6. The Morgan fingerprint density at radius 1 is 1.15 bits per heavy atom. The Morgan fingerprint density at radius 2 is 1.92 bits per heavy atom. The molecule has 0 unspecified atom stereocenters. The Kier molecular flexibility index (Phi) is 6.64. The summed E-state index contributed by atoms with van der Waals surface area (Å²) in [5.41, 5.74) is 2.89. The molecule has 3 rings (SSSR count). The maximum Gasteiger partial charge on any atom is 0.224 e. The van der Waals surface area contributed by atoms with E-state index in [2.05, 4.69) is 10.3 Å². The molecule has 0 saturated heterocycles. The summed E-state index contributed by atoms with van der Waals surface area (Å²) >= 11 is 0. The Morgan fingerprint density at radius 3 is 2.58 bits per heavy atom. The van der Waals surface area contributed by atoms with E-state index in [1.165, 1.54) is 25.7 Å². The van der Waals surface area contributed by atoms with Crippen LogP contribution in [0.15, 0.2) is 42.6 Å². The van der Waals surface area contributed by atoms with Crippen molar-refractivity contribution in [3.05, 3.63) is 48.2 Å². The molecule has 1 aliphatic carbocycles. The maximum atomic E-state index is 12.1. The van der Waals surface area contributed by atoms with Crippen molar-refractivity contribution in [2.75, 3.05) is 13.2 Å². The highest BCUT2D eigenvalue weighted by Crippen LogP contribution is 2.27. The molecular formula is C22H28N2O2. The van der Waals surface area contributed by atoms with Crippen LogP contribution in [0, 0.1) is 5.92 Å². The van der Waals surface area contributed by atoms with Gasteiger partial charge in [-0.3, -0.25) is 9.78 Å². The fraction of sp³-hybridized carbons (Fsp3) is 0.455. The molecule has 1 saturated carbocycles. The summed E-state index contributed by atoms with van der Waals surface area (Å²) in [7, 11) is 0. The summed E-state index contributed by atoms with van der Waals surface area (Å²) in [5, 5.41) is 3.04. The van der Waals surface area contributed by atoms with Crippen molar-refractivity contribution < 1.29 is 9.53 Å². The third-order valence-electron chi connectivity index (χ3n) is 5.00. The van der Waals surface area contributed by atoms with Gasteiger partial charge in [0.25, 0.3) is 0 Å². The van der Waals surface area contributed by atoms with Crippen LogP contribution in [-0.4, -0.2) is 24.0 Å². The number of rotatable bonds is 8. The van der Waals surface area contributed by atoms with E-state index in [-0.39, 0.29) is 5.91 Å². The average Bonchev–Trinajstić information content (AvgIpc) is 3.17. The molecule has 1 aliphatic rings. The van der Waals surface area contributed by atoms with Gasteiger partial charge in [-0.05, 0) is 55.2 Å². The summed E-state index contributed by atoms with van der Waals surface area (Å²) in [6.07, 6.45) is 8.65. The SMILES string of the molecule is CCOc1ccc(-c2ccc(CC(=O)NCCC3CCCC3)cn2)cc1. The first-order valence-corrected chi connectivity index (χ1v) is 9.69. The van der Waals surface area contributed by atoms with Crippen LogP contribution in [0.25, 0.3) is 11.3 Å². The van der Waals surface area contributed by atoms with Crippen LogP contribution < -0.4 is 10.1 Å². The quantitative estimate of drug-likeness (QED) is 0.767. The van der Waals surface area contributed by atoms with Gasteiger partial charge in [-0.1, -0.05) is 31.7 Å². The molecule has 0 spiro atoms. The van der Waals surface area contributed by atoms with Crippen LogP contribution in [-0.2, 0) is 11.2 Å². The highest BCUT2D eigenvalue weighted by molar-refractivity contribution is 5.78. The Bertz CT molecular complexity index is 689. The van der Waals surface area contributed by atoms with Gasteiger partial charge in [-0.25, -0.2) is 0 Å². The average molecular weight is 352 g/mol. The van der Waals surface area contributed by atoms with Crippen molar-refractivity contribution in [3.8, 4) is 17.0 Å². The normalized spacial score (nSPS) is 14.3. The minimum absolute atomic E-state index is 0.0821. The molecule has 0 bridgehead atoms. The Labute approximate surface area is 156 Å². The zero-order valence-electron chi connectivity index (χ0n) is 15.5. The number of amides is 1. The van der Waals surface area contributed by atoms with Crippen LogP contribution in [0.4, 0.5) is 0 Å². The predicted molar refractivity (Wildman–Crippen MR) is 104 cm³/mol. The van der Waals surface area contributed by atoms with Gasteiger partial charge in [-0.15, -0.1) is 0 Å². The number of nitrogens with zero attached hydrogens (tertiary/aromatic N) is 1. The minimum Gasteiger partial charge on any atom is -0.494 e. The van der Waals surface area contributed by atoms with E-state index in [0.717, 1.165) is 41.5 Å². The molecule has 0 aliphatic heterocycles. The van der Waals surface area contributed by atoms with Gasteiger partial charge in [0, 0.05) is 18.3 Å². The Hall–Kier alpha value is -2.36. The zero-order chi connectivity index (χ0) is 18.2. The lowest BCUT2D eigenvalue weighted by atomic mass is 10.0. The number of hydrogen-bond acceptors (Lipinski definition) is 3. The summed E-state index contributed by atoms with van der Waals surface area (Å²) < 4.78 is 5.46. The van der Waals surface area contributed by atoms with Gasteiger partial charge in [0.1, 0.15) is 5.75 Å².